The van der Waals surface area contributed by atoms with Gasteiger partial charge in [0.05, 0.1) is 5.56 Å². The Hall–Kier alpha value is -2.01. The smallest absolute Gasteiger partial charge is 0.256 e. The maximum atomic E-state index is 12.8. The van der Waals surface area contributed by atoms with E-state index < -0.39 is 0 Å². The van der Waals surface area contributed by atoms with Crippen molar-refractivity contribution < 1.29 is 9.90 Å². The fourth-order valence-electron chi connectivity index (χ4n) is 3.87. The van der Waals surface area contributed by atoms with Crippen LogP contribution in [0.3, 0.4) is 0 Å². The maximum absolute atomic E-state index is 12.8. The monoisotopic (exact) mass is 356 g/mol. The minimum atomic E-state index is -0.251. The number of carbonyl (C=O) groups is 1. The van der Waals surface area contributed by atoms with Crippen molar-refractivity contribution in [3.8, 4) is 5.75 Å². The van der Waals surface area contributed by atoms with Gasteiger partial charge in [-0.25, -0.2) is 0 Å². The van der Waals surface area contributed by atoms with Gasteiger partial charge in [-0.1, -0.05) is 32.9 Å². The summed E-state index contributed by atoms with van der Waals surface area (Å²) in [5.41, 5.74) is 3.33. The molecule has 2 unspecified atom stereocenters. The highest BCUT2D eigenvalue weighted by Gasteiger charge is 2.36. The summed E-state index contributed by atoms with van der Waals surface area (Å²) in [5.74, 6) is 0.904. The number of nitrogens with one attached hydrogen (secondary N) is 2. The molecule has 1 amide bonds. The predicted molar refractivity (Wildman–Crippen MR) is 101 cm³/mol. The zero-order valence-corrected chi connectivity index (χ0v) is 15.7. The molecule has 2 aromatic rings. The molecule has 0 bridgehead atoms. The molecule has 5 heteroatoms. The molecule has 1 aliphatic heterocycles. The summed E-state index contributed by atoms with van der Waals surface area (Å²) < 4.78 is 0. The molecule has 2 atom stereocenters. The molecule has 2 aliphatic rings. The number of benzene rings is 1. The Kier molecular flexibility index (Phi) is 3.80. The first kappa shape index (κ1) is 16.5. The normalized spacial score (nSPS) is 22.6. The third-order valence-corrected chi connectivity index (χ3v) is 6.68. The van der Waals surface area contributed by atoms with Crippen LogP contribution in [0.5, 0.6) is 5.75 Å². The van der Waals surface area contributed by atoms with E-state index in [4.69, 9.17) is 0 Å². The third-order valence-electron chi connectivity index (χ3n) is 5.49. The van der Waals surface area contributed by atoms with Gasteiger partial charge in [0, 0.05) is 4.88 Å². The largest absolute Gasteiger partial charge is 0.508 e. The lowest BCUT2D eigenvalue weighted by Gasteiger charge is -2.34. The van der Waals surface area contributed by atoms with Crippen molar-refractivity contribution in [1.29, 1.82) is 0 Å². The van der Waals surface area contributed by atoms with Gasteiger partial charge in [-0.15, -0.1) is 11.3 Å². The summed E-state index contributed by atoms with van der Waals surface area (Å²) in [4.78, 5) is 14.1. The van der Waals surface area contributed by atoms with Gasteiger partial charge in [-0.2, -0.15) is 0 Å². The van der Waals surface area contributed by atoms with Crippen LogP contribution in [0.2, 0.25) is 0 Å². The number of hydrogen-bond acceptors (Lipinski definition) is 4. The standard InChI is InChI=1S/C20H24N2O2S/c1-20(2,3)12-6-9-14-15(10-12)25-19-16(14)18(24)21-17(22-19)11-4-7-13(23)8-5-11/h4-5,7-8,12,17,22-23H,6,9-10H2,1-3H3,(H,21,24). The van der Waals surface area contributed by atoms with Crippen molar-refractivity contribution in [2.45, 2.75) is 46.2 Å². The average molecular weight is 356 g/mol. The first-order valence-corrected chi connectivity index (χ1v) is 9.65. The summed E-state index contributed by atoms with van der Waals surface area (Å²) in [6, 6.07) is 6.96. The van der Waals surface area contributed by atoms with Gasteiger partial charge < -0.3 is 15.7 Å². The number of hydrogen-bond donors (Lipinski definition) is 3. The van der Waals surface area contributed by atoms with E-state index in [0.717, 1.165) is 35.4 Å². The molecule has 0 spiro atoms. The van der Waals surface area contributed by atoms with Crippen LogP contribution < -0.4 is 10.6 Å². The second kappa shape index (κ2) is 5.77. The first-order valence-electron chi connectivity index (χ1n) is 8.84. The van der Waals surface area contributed by atoms with E-state index in [0.29, 0.717) is 11.3 Å². The van der Waals surface area contributed by atoms with Gasteiger partial charge in [0.2, 0.25) is 0 Å². The van der Waals surface area contributed by atoms with E-state index >= 15 is 0 Å². The Labute approximate surface area is 152 Å². The van der Waals surface area contributed by atoms with Crippen molar-refractivity contribution in [2.24, 2.45) is 11.3 Å². The second-order valence-electron chi connectivity index (χ2n) is 8.16. The lowest BCUT2D eigenvalue weighted by atomic mass is 9.72. The van der Waals surface area contributed by atoms with Gasteiger partial charge in [-0.3, -0.25) is 4.79 Å². The number of aromatic hydroxyl groups is 1. The number of thiophene rings is 1. The van der Waals surface area contributed by atoms with Crippen molar-refractivity contribution in [2.75, 3.05) is 5.32 Å². The molecule has 0 fully saturated rings. The van der Waals surface area contributed by atoms with E-state index in [1.807, 2.05) is 12.1 Å². The first-order chi connectivity index (χ1) is 11.8. The average Bonchev–Trinajstić information content (AvgIpc) is 2.92. The molecule has 1 aliphatic carbocycles. The zero-order chi connectivity index (χ0) is 17.8. The van der Waals surface area contributed by atoms with E-state index in [2.05, 4.69) is 31.4 Å². The topological polar surface area (TPSA) is 61.4 Å². The molecule has 1 aromatic carbocycles. The molecule has 0 radical (unpaired) electrons. The number of phenols is 1. The molecule has 2 heterocycles. The third kappa shape index (κ3) is 2.91. The summed E-state index contributed by atoms with van der Waals surface area (Å²) in [6.45, 7) is 6.92. The zero-order valence-electron chi connectivity index (χ0n) is 14.8. The van der Waals surface area contributed by atoms with Crippen LogP contribution in [-0.2, 0) is 12.8 Å². The lowest BCUT2D eigenvalue weighted by molar-refractivity contribution is 0.0935. The van der Waals surface area contributed by atoms with E-state index in [1.54, 1.807) is 23.5 Å². The number of carbonyl (C=O) groups excluding carboxylic acids is 1. The fourth-order valence-corrected chi connectivity index (χ4v) is 5.22. The van der Waals surface area contributed by atoms with Crippen LogP contribution in [0.1, 0.15) is 59.7 Å². The number of fused-ring (bicyclic) bond motifs is 3. The number of anilines is 1. The van der Waals surface area contributed by atoms with Crippen LogP contribution in [-0.4, -0.2) is 11.0 Å². The van der Waals surface area contributed by atoms with Gasteiger partial charge in [-0.05, 0) is 53.9 Å². The van der Waals surface area contributed by atoms with Gasteiger partial charge in [0.25, 0.3) is 5.91 Å². The van der Waals surface area contributed by atoms with Crippen LogP contribution in [0.25, 0.3) is 0 Å². The molecule has 132 valence electrons. The highest BCUT2D eigenvalue weighted by Crippen LogP contribution is 2.46. The fraction of sp³-hybridized carbons (Fsp3) is 0.450. The van der Waals surface area contributed by atoms with Crippen molar-refractivity contribution in [3.05, 3.63) is 45.8 Å². The Morgan fingerprint density at radius 1 is 1.16 bits per heavy atom. The highest BCUT2D eigenvalue weighted by atomic mass is 32.1. The van der Waals surface area contributed by atoms with E-state index in [1.165, 1.54) is 10.4 Å². The van der Waals surface area contributed by atoms with Gasteiger partial charge in [0.1, 0.15) is 16.9 Å². The second-order valence-corrected chi connectivity index (χ2v) is 9.26. The van der Waals surface area contributed by atoms with Crippen molar-refractivity contribution in [3.63, 3.8) is 0 Å². The van der Waals surface area contributed by atoms with Crippen molar-refractivity contribution >= 4 is 22.2 Å². The quantitative estimate of drug-likeness (QED) is 0.707. The van der Waals surface area contributed by atoms with Crippen LogP contribution in [0, 0.1) is 11.3 Å². The molecular weight excluding hydrogens is 332 g/mol. The van der Waals surface area contributed by atoms with E-state index in [9.17, 15) is 9.90 Å². The lowest BCUT2D eigenvalue weighted by Crippen LogP contribution is -2.38. The molecule has 0 saturated heterocycles. The summed E-state index contributed by atoms with van der Waals surface area (Å²) in [5, 5.41) is 17.0. The van der Waals surface area contributed by atoms with Crippen molar-refractivity contribution in [1.82, 2.24) is 5.32 Å². The van der Waals surface area contributed by atoms with Gasteiger partial charge in [0.15, 0.2) is 0 Å². The number of phenolic OH excluding ortho intramolecular Hbond substituents is 1. The molecular formula is C20H24N2O2S. The molecule has 1 aromatic heterocycles. The Bertz CT molecular complexity index is 817. The van der Waals surface area contributed by atoms with Gasteiger partial charge >= 0.3 is 0 Å². The molecule has 25 heavy (non-hydrogen) atoms. The molecule has 4 rings (SSSR count). The molecule has 4 nitrogen and oxygen atoms in total. The summed E-state index contributed by atoms with van der Waals surface area (Å²) >= 11 is 1.74. The predicted octanol–water partition coefficient (Wildman–Crippen LogP) is 4.46. The molecule has 0 saturated carbocycles. The number of amides is 1. The Balaban J connectivity index is 1.64. The SMILES string of the molecule is CC(C)(C)C1CCc2c(sc3c2C(=O)NC(c2ccc(O)cc2)N3)C1. The maximum Gasteiger partial charge on any atom is 0.256 e. The summed E-state index contributed by atoms with van der Waals surface area (Å²) in [6.07, 6.45) is 2.95. The molecule has 3 N–H and O–H groups in total. The van der Waals surface area contributed by atoms with E-state index in [-0.39, 0.29) is 17.8 Å². The highest BCUT2D eigenvalue weighted by molar-refractivity contribution is 7.16. The minimum Gasteiger partial charge on any atom is -0.508 e. The Morgan fingerprint density at radius 2 is 1.88 bits per heavy atom. The summed E-state index contributed by atoms with van der Waals surface area (Å²) in [7, 11) is 0. The van der Waals surface area contributed by atoms with Crippen LogP contribution >= 0.6 is 11.3 Å². The Morgan fingerprint density at radius 3 is 2.56 bits per heavy atom. The van der Waals surface area contributed by atoms with Crippen LogP contribution in [0.4, 0.5) is 5.00 Å². The van der Waals surface area contributed by atoms with Crippen LogP contribution in [0.15, 0.2) is 24.3 Å². The number of rotatable bonds is 1. The minimum absolute atomic E-state index is 0.0125.